The molecule has 1 aliphatic rings. The molecular weight excluding hydrogens is 410 g/mol. The molecule has 1 saturated heterocycles. The molecule has 0 radical (unpaired) electrons. The number of piperidine rings is 1. The Kier molecular flexibility index (Phi) is 4.99. The fourth-order valence-corrected chi connectivity index (χ4v) is 4.43. The van der Waals surface area contributed by atoms with E-state index < -0.39 is 17.7 Å². The van der Waals surface area contributed by atoms with Crippen LogP contribution < -0.4 is 0 Å². The van der Waals surface area contributed by atoms with E-state index in [1.165, 1.54) is 11.3 Å². The van der Waals surface area contributed by atoms with Crippen molar-refractivity contribution in [3.63, 3.8) is 0 Å². The Morgan fingerprint density at radius 2 is 2.07 bits per heavy atom. The minimum Gasteiger partial charge on any atom is -0.437 e. The molecule has 0 spiro atoms. The van der Waals surface area contributed by atoms with Gasteiger partial charge in [-0.3, -0.25) is 14.5 Å². The predicted molar refractivity (Wildman–Crippen MR) is 111 cm³/mol. The van der Waals surface area contributed by atoms with Crippen molar-refractivity contribution in [1.82, 2.24) is 9.88 Å². The largest absolute Gasteiger partial charge is 0.437 e. The number of likely N-dealkylation sites (N-methyl/N-ethyl adjacent to an activating group) is 1. The molecule has 8 heteroatoms. The molecule has 2 atom stereocenters. The number of rotatable bonds is 3. The number of imide groups is 1. The van der Waals surface area contributed by atoms with Gasteiger partial charge < -0.3 is 4.42 Å². The number of hydrogen-bond acceptors (Lipinski definition) is 6. The standard InChI is InChI=1S/C21H16ClN3O3S/c1-3-25-20(26)15(11(2)16(10-23)21(25)27)8-14-9-17-18(28-14)24-19(29-17)12-4-6-13(22)7-5-12/h4-9,11,16H,3H2,1-2H3/b15-8-. The van der Waals surface area contributed by atoms with Crippen LogP contribution in [0.5, 0.6) is 0 Å². The summed E-state index contributed by atoms with van der Waals surface area (Å²) in [6.45, 7) is 3.65. The van der Waals surface area contributed by atoms with Gasteiger partial charge in [0.2, 0.25) is 11.6 Å². The molecule has 29 heavy (non-hydrogen) atoms. The molecule has 4 rings (SSSR count). The highest BCUT2D eigenvalue weighted by atomic mass is 35.5. The first-order chi connectivity index (χ1) is 13.9. The normalized spacial score (nSPS) is 21.2. The molecule has 0 bridgehead atoms. The van der Waals surface area contributed by atoms with E-state index in [1.807, 2.05) is 24.3 Å². The zero-order valence-electron chi connectivity index (χ0n) is 15.7. The van der Waals surface area contributed by atoms with Crippen LogP contribution in [0.4, 0.5) is 0 Å². The average molecular weight is 426 g/mol. The van der Waals surface area contributed by atoms with Gasteiger partial charge in [-0.15, -0.1) is 11.3 Å². The predicted octanol–water partition coefficient (Wildman–Crippen LogP) is 4.76. The number of nitrogens with zero attached hydrogens (tertiary/aromatic N) is 3. The van der Waals surface area contributed by atoms with E-state index >= 15 is 0 Å². The fourth-order valence-electron chi connectivity index (χ4n) is 3.36. The minimum absolute atomic E-state index is 0.221. The van der Waals surface area contributed by atoms with E-state index in [-0.39, 0.29) is 12.5 Å². The quantitative estimate of drug-likeness (QED) is 0.446. The lowest BCUT2D eigenvalue weighted by atomic mass is 9.82. The number of furan rings is 1. The molecular formula is C21H16ClN3O3S. The van der Waals surface area contributed by atoms with Gasteiger partial charge in [0, 0.05) is 34.7 Å². The molecule has 1 fully saturated rings. The monoisotopic (exact) mass is 425 g/mol. The van der Waals surface area contributed by atoms with Crippen LogP contribution in [-0.2, 0) is 9.59 Å². The number of thiazole rings is 1. The number of likely N-dealkylation sites (tertiary alicyclic amines) is 1. The van der Waals surface area contributed by atoms with Crippen molar-refractivity contribution in [2.45, 2.75) is 13.8 Å². The molecule has 0 saturated carbocycles. The highest BCUT2D eigenvalue weighted by Crippen LogP contribution is 2.35. The summed E-state index contributed by atoms with van der Waals surface area (Å²) in [7, 11) is 0. The smallest absolute Gasteiger partial charge is 0.256 e. The minimum atomic E-state index is -0.885. The van der Waals surface area contributed by atoms with Crippen molar-refractivity contribution in [3.05, 3.63) is 46.7 Å². The second kappa shape index (κ2) is 7.47. The maximum absolute atomic E-state index is 12.7. The molecule has 6 nitrogen and oxygen atoms in total. The molecule has 3 aromatic rings. The third kappa shape index (κ3) is 3.35. The highest BCUT2D eigenvalue weighted by Gasteiger charge is 2.42. The number of hydrogen-bond donors (Lipinski definition) is 0. The number of fused-ring (bicyclic) bond motifs is 1. The summed E-state index contributed by atoms with van der Waals surface area (Å²) in [5.41, 5.74) is 1.80. The second-order valence-electron chi connectivity index (χ2n) is 6.73. The van der Waals surface area contributed by atoms with Gasteiger partial charge in [0.1, 0.15) is 16.7 Å². The Morgan fingerprint density at radius 1 is 1.34 bits per heavy atom. The SMILES string of the molecule is CCN1C(=O)/C(=C\c2cc3sc(-c4ccc(Cl)cc4)nc3o2)C(C)C(C#N)C1=O. The van der Waals surface area contributed by atoms with Gasteiger partial charge in [0.05, 0.1) is 10.8 Å². The van der Waals surface area contributed by atoms with Crippen molar-refractivity contribution >= 4 is 51.2 Å². The lowest BCUT2D eigenvalue weighted by Gasteiger charge is -2.32. The average Bonchev–Trinajstić information content (AvgIpc) is 3.25. The lowest BCUT2D eigenvalue weighted by molar-refractivity contribution is -0.147. The van der Waals surface area contributed by atoms with E-state index in [0.717, 1.165) is 20.2 Å². The molecule has 0 aliphatic carbocycles. The summed E-state index contributed by atoms with van der Waals surface area (Å²) in [6, 6.07) is 11.2. The van der Waals surface area contributed by atoms with Crippen molar-refractivity contribution in [2.24, 2.45) is 11.8 Å². The van der Waals surface area contributed by atoms with Crippen LogP contribution in [0.15, 0.2) is 40.3 Å². The molecule has 2 unspecified atom stereocenters. The maximum Gasteiger partial charge on any atom is 0.256 e. The molecule has 2 amide bonds. The Hall–Kier alpha value is -2.95. The topological polar surface area (TPSA) is 87.2 Å². The molecule has 0 N–H and O–H groups in total. The van der Waals surface area contributed by atoms with Crippen molar-refractivity contribution in [1.29, 1.82) is 5.26 Å². The third-order valence-electron chi connectivity index (χ3n) is 4.97. The first-order valence-corrected chi connectivity index (χ1v) is 10.3. The number of carbonyl (C=O) groups excluding carboxylic acids is 2. The van der Waals surface area contributed by atoms with Gasteiger partial charge in [0.15, 0.2) is 0 Å². The van der Waals surface area contributed by atoms with Crippen LogP contribution in [0.2, 0.25) is 5.02 Å². The zero-order chi connectivity index (χ0) is 20.7. The van der Waals surface area contributed by atoms with Gasteiger partial charge in [-0.25, -0.2) is 4.98 Å². The Morgan fingerprint density at radius 3 is 2.69 bits per heavy atom. The van der Waals surface area contributed by atoms with Crippen LogP contribution in [0, 0.1) is 23.2 Å². The Labute approximate surface area is 176 Å². The first kappa shape index (κ1) is 19.4. The summed E-state index contributed by atoms with van der Waals surface area (Å²) < 4.78 is 6.66. The number of aromatic nitrogens is 1. The van der Waals surface area contributed by atoms with Crippen LogP contribution in [0.1, 0.15) is 19.6 Å². The molecule has 2 aromatic heterocycles. The first-order valence-electron chi connectivity index (χ1n) is 9.06. The van der Waals surface area contributed by atoms with Crippen molar-refractivity contribution < 1.29 is 14.0 Å². The fraction of sp³-hybridized carbons (Fsp3) is 0.238. The number of nitriles is 1. The van der Waals surface area contributed by atoms with Crippen molar-refractivity contribution in [2.75, 3.05) is 6.54 Å². The van der Waals surface area contributed by atoms with Crippen molar-refractivity contribution in [3.8, 4) is 16.6 Å². The van der Waals surface area contributed by atoms with Crippen LogP contribution in [-0.4, -0.2) is 28.2 Å². The number of halogens is 1. The maximum atomic E-state index is 12.7. The summed E-state index contributed by atoms with van der Waals surface area (Å²) >= 11 is 7.40. The van der Waals surface area contributed by atoms with Gasteiger partial charge in [-0.2, -0.15) is 5.26 Å². The lowest BCUT2D eigenvalue weighted by Crippen LogP contribution is -2.49. The number of carbonyl (C=O) groups is 2. The van der Waals surface area contributed by atoms with E-state index in [9.17, 15) is 14.9 Å². The number of benzene rings is 1. The molecule has 3 heterocycles. The third-order valence-corrected chi connectivity index (χ3v) is 6.25. The van der Waals surface area contributed by atoms with E-state index in [0.29, 0.717) is 22.1 Å². The van der Waals surface area contributed by atoms with E-state index in [4.69, 9.17) is 16.0 Å². The van der Waals surface area contributed by atoms with Crippen LogP contribution >= 0.6 is 22.9 Å². The van der Waals surface area contributed by atoms with Crippen LogP contribution in [0.25, 0.3) is 27.1 Å². The summed E-state index contributed by atoms with van der Waals surface area (Å²) in [4.78, 5) is 30.7. The summed E-state index contributed by atoms with van der Waals surface area (Å²) in [5, 5.41) is 10.8. The highest BCUT2D eigenvalue weighted by molar-refractivity contribution is 7.21. The van der Waals surface area contributed by atoms with E-state index in [2.05, 4.69) is 4.98 Å². The Bertz CT molecular complexity index is 1150. The summed E-state index contributed by atoms with van der Waals surface area (Å²) in [5.74, 6) is -1.75. The van der Waals surface area contributed by atoms with Gasteiger partial charge >= 0.3 is 0 Å². The van der Waals surface area contributed by atoms with Gasteiger partial charge in [-0.1, -0.05) is 30.7 Å². The molecule has 1 aliphatic heterocycles. The van der Waals surface area contributed by atoms with Crippen LogP contribution in [0.3, 0.4) is 0 Å². The summed E-state index contributed by atoms with van der Waals surface area (Å²) in [6.07, 6.45) is 1.61. The zero-order valence-corrected chi connectivity index (χ0v) is 17.3. The van der Waals surface area contributed by atoms with E-state index in [1.54, 1.807) is 32.1 Å². The number of amides is 2. The Balaban J connectivity index is 1.69. The molecule has 146 valence electrons. The second-order valence-corrected chi connectivity index (χ2v) is 8.19. The van der Waals surface area contributed by atoms with Gasteiger partial charge in [0.25, 0.3) is 5.91 Å². The van der Waals surface area contributed by atoms with Gasteiger partial charge in [-0.05, 0) is 25.1 Å². The molecule has 1 aromatic carbocycles.